The quantitative estimate of drug-likeness (QED) is 0.796. The smallest absolute Gasteiger partial charge is 0.0757 e. The molecule has 0 fully saturated rings. The van der Waals surface area contributed by atoms with Gasteiger partial charge in [0, 0.05) is 18.1 Å². The minimum Gasteiger partial charge on any atom is -0.391 e. The van der Waals surface area contributed by atoms with Crippen LogP contribution in [0.3, 0.4) is 0 Å². The van der Waals surface area contributed by atoms with Crippen LogP contribution in [0.5, 0.6) is 0 Å². The van der Waals surface area contributed by atoms with Gasteiger partial charge in [0.15, 0.2) is 0 Å². The van der Waals surface area contributed by atoms with Gasteiger partial charge in [-0.05, 0) is 18.7 Å². The van der Waals surface area contributed by atoms with Gasteiger partial charge >= 0.3 is 0 Å². The maximum atomic E-state index is 9.90. The lowest BCUT2D eigenvalue weighted by atomic mass is 10.2. The lowest BCUT2D eigenvalue weighted by molar-refractivity contribution is 0.137. The van der Waals surface area contributed by atoms with Crippen LogP contribution in [0.1, 0.15) is 19.4 Å². The molecule has 0 spiro atoms. The van der Waals surface area contributed by atoms with Crippen molar-refractivity contribution in [2.75, 3.05) is 25.4 Å². The van der Waals surface area contributed by atoms with Crippen LogP contribution in [-0.4, -0.2) is 41.5 Å². The topological polar surface area (TPSA) is 23.5 Å². The second-order valence-electron chi connectivity index (χ2n) is 4.14. The Kier molecular flexibility index (Phi) is 10.5. The monoisotopic (exact) mass is 289 g/mol. The maximum absolute atomic E-state index is 9.90. The van der Waals surface area contributed by atoms with E-state index in [1.165, 1.54) is 5.56 Å². The number of thioether (sulfide) groups is 1. The van der Waals surface area contributed by atoms with Gasteiger partial charge in [-0.3, -0.25) is 0 Å². The summed E-state index contributed by atoms with van der Waals surface area (Å²) in [5.74, 6) is 1.79. The molecule has 1 aromatic rings. The molecule has 2 nitrogen and oxygen atoms in total. The number of benzene rings is 1. The van der Waals surface area contributed by atoms with Gasteiger partial charge in [0.05, 0.1) is 6.10 Å². The molecule has 0 radical (unpaired) electrons. The molecule has 0 aliphatic rings. The Bertz CT molecular complexity index is 293. The van der Waals surface area contributed by atoms with E-state index in [4.69, 9.17) is 0 Å². The molecule has 1 N–H and O–H groups in total. The Morgan fingerprint density at radius 3 is 2.33 bits per heavy atom. The molecule has 0 saturated carbocycles. The van der Waals surface area contributed by atoms with E-state index in [0.29, 0.717) is 0 Å². The first-order valence-corrected chi connectivity index (χ1v) is 7.43. The second kappa shape index (κ2) is 10.7. The third kappa shape index (κ3) is 7.27. The number of halogens is 1. The van der Waals surface area contributed by atoms with Crippen LogP contribution in [0.25, 0.3) is 0 Å². The van der Waals surface area contributed by atoms with E-state index in [1.54, 1.807) is 11.8 Å². The van der Waals surface area contributed by atoms with Gasteiger partial charge in [0.1, 0.15) is 0 Å². The molecule has 4 heteroatoms. The zero-order valence-corrected chi connectivity index (χ0v) is 12.8. The highest BCUT2D eigenvalue weighted by Gasteiger charge is 2.08. The van der Waals surface area contributed by atoms with Gasteiger partial charge in [0.2, 0.25) is 0 Å². The standard InChI is InChI=1S/C14H23NOS.ClH/c1-3-15(4-2)10-14(16)12-17-11-13-8-6-5-7-9-13;/h5-9,14,16H,3-4,10-12H2,1-2H3;1H. The highest BCUT2D eigenvalue weighted by molar-refractivity contribution is 7.98. The number of aliphatic hydroxyl groups excluding tert-OH is 1. The molecule has 0 aromatic heterocycles. The maximum Gasteiger partial charge on any atom is 0.0757 e. The lowest BCUT2D eigenvalue weighted by Crippen LogP contribution is -2.33. The molecule has 0 aliphatic carbocycles. The molecule has 1 atom stereocenters. The third-order valence-corrected chi connectivity index (χ3v) is 3.94. The fourth-order valence-electron chi connectivity index (χ4n) is 1.72. The molecule has 0 heterocycles. The first-order chi connectivity index (χ1) is 8.26. The molecule has 0 aliphatic heterocycles. The summed E-state index contributed by atoms with van der Waals surface area (Å²) in [5, 5.41) is 9.90. The number of hydrogen-bond acceptors (Lipinski definition) is 3. The highest BCUT2D eigenvalue weighted by atomic mass is 35.5. The predicted molar refractivity (Wildman–Crippen MR) is 83.6 cm³/mol. The Morgan fingerprint density at radius 1 is 1.17 bits per heavy atom. The molecular formula is C14H24ClNOS. The Balaban J connectivity index is 0.00000289. The Hall–Kier alpha value is -0.220. The van der Waals surface area contributed by atoms with Crippen molar-refractivity contribution in [1.29, 1.82) is 0 Å². The van der Waals surface area contributed by atoms with Crippen molar-refractivity contribution >= 4 is 24.2 Å². The second-order valence-corrected chi connectivity index (χ2v) is 5.17. The number of likely N-dealkylation sites (N-methyl/N-ethyl adjacent to an activating group) is 1. The molecule has 0 saturated heterocycles. The van der Waals surface area contributed by atoms with E-state index < -0.39 is 0 Å². The third-order valence-electron chi connectivity index (χ3n) is 2.79. The van der Waals surface area contributed by atoms with Crippen LogP contribution >= 0.6 is 24.2 Å². The number of aliphatic hydroxyl groups is 1. The molecule has 0 amide bonds. The van der Waals surface area contributed by atoms with E-state index in [2.05, 4.69) is 43.0 Å². The van der Waals surface area contributed by atoms with E-state index in [0.717, 1.165) is 31.1 Å². The highest BCUT2D eigenvalue weighted by Crippen LogP contribution is 2.13. The van der Waals surface area contributed by atoms with Crippen LogP contribution < -0.4 is 0 Å². The minimum absolute atomic E-state index is 0. The van der Waals surface area contributed by atoms with Crippen molar-refractivity contribution in [2.24, 2.45) is 0 Å². The largest absolute Gasteiger partial charge is 0.391 e. The first-order valence-electron chi connectivity index (χ1n) is 6.28. The summed E-state index contributed by atoms with van der Waals surface area (Å²) in [6.45, 7) is 7.07. The van der Waals surface area contributed by atoms with Crippen molar-refractivity contribution < 1.29 is 5.11 Å². The van der Waals surface area contributed by atoms with Crippen LogP contribution in [-0.2, 0) is 5.75 Å². The summed E-state index contributed by atoms with van der Waals surface area (Å²) >= 11 is 1.80. The van der Waals surface area contributed by atoms with Gasteiger partial charge in [-0.15, -0.1) is 12.4 Å². The molecule has 18 heavy (non-hydrogen) atoms. The summed E-state index contributed by atoms with van der Waals surface area (Å²) in [4.78, 5) is 2.26. The summed E-state index contributed by atoms with van der Waals surface area (Å²) in [6, 6.07) is 10.4. The van der Waals surface area contributed by atoms with E-state index in [-0.39, 0.29) is 18.5 Å². The number of rotatable bonds is 8. The molecule has 1 unspecified atom stereocenters. The molecule has 1 aromatic carbocycles. The minimum atomic E-state index is -0.219. The zero-order chi connectivity index (χ0) is 12.5. The molecule has 104 valence electrons. The van der Waals surface area contributed by atoms with Gasteiger partial charge < -0.3 is 10.0 Å². The van der Waals surface area contributed by atoms with Gasteiger partial charge in [0.25, 0.3) is 0 Å². The van der Waals surface area contributed by atoms with E-state index in [1.807, 2.05) is 6.07 Å². The SMILES string of the molecule is CCN(CC)CC(O)CSCc1ccccc1.Cl. The summed E-state index contributed by atoms with van der Waals surface area (Å²) in [5.41, 5.74) is 1.33. The molecular weight excluding hydrogens is 266 g/mol. The van der Waals surface area contributed by atoms with Crippen molar-refractivity contribution in [3.8, 4) is 0 Å². The summed E-state index contributed by atoms with van der Waals surface area (Å²) in [6.07, 6.45) is -0.219. The van der Waals surface area contributed by atoms with Crippen molar-refractivity contribution in [3.63, 3.8) is 0 Å². The average molecular weight is 290 g/mol. The van der Waals surface area contributed by atoms with Crippen LogP contribution in [0.2, 0.25) is 0 Å². The fraction of sp³-hybridized carbons (Fsp3) is 0.571. The predicted octanol–water partition coefficient (Wildman–Crippen LogP) is 3.04. The molecule has 1 rings (SSSR count). The lowest BCUT2D eigenvalue weighted by Gasteiger charge is -2.21. The van der Waals surface area contributed by atoms with Crippen molar-refractivity contribution in [3.05, 3.63) is 35.9 Å². The van der Waals surface area contributed by atoms with Gasteiger partial charge in [-0.1, -0.05) is 44.2 Å². The Labute approximate surface area is 121 Å². The van der Waals surface area contributed by atoms with Gasteiger partial charge in [-0.25, -0.2) is 0 Å². The number of nitrogens with zero attached hydrogens (tertiary/aromatic N) is 1. The first kappa shape index (κ1) is 17.8. The zero-order valence-electron chi connectivity index (χ0n) is 11.2. The number of hydrogen-bond donors (Lipinski definition) is 1. The van der Waals surface area contributed by atoms with E-state index >= 15 is 0 Å². The van der Waals surface area contributed by atoms with Crippen LogP contribution in [0.15, 0.2) is 30.3 Å². The van der Waals surface area contributed by atoms with Gasteiger partial charge in [-0.2, -0.15) is 11.8 Å². The average Bonchev–Trinajstić information content (AvgIpc) is 2.37. The summed E-state index contributed by atoms with van der Waals surface area (Å²) in [7, 11) is 0. The summed E-state index contributed by atoms with van der Waals surface area (Å²) < 4.78 is 0. The van der Waals surface area contributed by atoms with Crippen LogP contribution in [0.4, 0.5) is 0 Å². The fourth-order valence-corrected chi connectivity index (χ4v) is 2.64. The van der Waals surface area contributed by atoms with Crippen molar-refractivity contribution in [2.45, 2.75) is 25.7 Å². The van der Waals surface area contributed by atoms with Crippen molar-refractivity contribution in [1.82, 2.24) is 4.90 Å². The Morgan fingerprint density at radius 2 is 1.78 bits per heavy atom. The van der Waals surface area contributed by atoms with E-state index in [9.17, 15) is 5.11 Å². The van der Waals surface area contributed by atoms with Crippen LogP contribution in [0, 0.1) is 0 Å². The molecule has 0 bridgehead atoms. The normalized spacial score (nSPS) is 12.2.